The minimum Gasteiger partial charge on any atom is -0.497 e. The number of tetrazole rings is 1. The number of methoxy groups -OCH3 is 1. The molecule has 1 fully saturated rings. The van der Waals surface area contributed by atoms with Crippen LogP contribution in [0.5, 0.6) is 5.75 Å². The maximum Gasteiger partial charge on any atom is 0.233 e. The number of unbranched alkanes of at least 4 members (excludes halogenated alkanes) is 1. The van der Waals surface area contributed by atoms with E-state index in [9.17, 15) is 13.2 Å². The van der Waals surface area contributed by atoms with E-state index in [1.165, 1.54) is 11.8 Å². The second kappa shape index (κ2) is 9.57. The van der Waals surface area contributed by atoms with Gasteiger partial charge >= 0.3 is 0 Å². The number of ether oxygens (including phenoxy) is 1. The van der Waals surface area contributed by atoms with Gasteiger partial charge in [-0.15, -0.1) is 5.10 Å². The normalized spacial score (nSPS) is 17.9. The summed E-state index contributed by atoms with van der Waals surface area (Å²) < 4.78 is 30.4. The van der Waals surface area contributed by atoms with Crippen molar-refractivity contribution in [1.82, 2.24) is 25.1 Å². The molecule has 1 aromatic carbocycles. The monoisotopic (exact) mass is 439 g/mol. The summed E-state index contributed by atoms with van der Waals surface area (Å²) >= 11 is 1.24. The molecule has 1 aliphatic rings. The van der Waals surface area contributed by atoms with E-state index in [0.29, 0.717) is 18.1 Å². The maximum absolute atomic E-state index is 12.9. The number of amides is 1. The van der Waals surface area contributed by atoms with Gasteiger partial charge in [-0.05, 0) is 47.5 Å². The summed E-state index contributed by atoms with van der Waals surface area (Å²) in [6, 6.07) is 7.04. The van der Waals surface area contributed by atoms with Crippen molar-refractivity contribution in [2.45, 2.75) is 37.4 Å². The summed E-state index contributed by atoms with van der Waals surface area (Å²) in [4.78, 5) is 14.6. The van der Waals surface area contributed by atoms with Crippen LogP contribution in [-0.4, -0.2) is 76.4 Å². The lowest BCUT2D eigenvalue weighted by atomic mass is 10.2. The van der Waals surface area contributed by atoms with Gasteiger partial charge in [-0.25, -0.2) is 8.42 Å². The lowest BCUT2D eigenvalue weighted by molar-refractivity contribution is -0.130. The van der Waals surface area contributed by atoms with E-state index in [1.54, 1.807) is 16.7 Å². The van der Waals surface area contributed by atoms with Crippen LogP contribution >= 0.6 is 11.8 Å². The SMILES string of the molecule is CCCCN(C(=O)CSc1nnnn1-c1ccc(OC)cc1)C1CCS(=O)(=O)C1. The van der Waals surface area contributed by atoms with Crippen molar-refractivity contribution >= 4 is 27.5 Å². The summed E-state index contributed by atoms with van der Waals surface area (Å²) in [5.74, 6) is 0.989. The number of hydrogen-bond acceptors (Lipinski definition) is 8. The smallest absolute Gasteiger partial charge is 0.233 e. The van der Waals surface area contributed by atoms with E-state index in [1.807, 2.05) is 31.2 Å². The Bertz CT molecular complexity index is 930. The van der Waals surface area contributed by atoms with Crippen LogP contribution in [0, 0.1) is 0 Å². The highest BCUT2D eigenvalue weighted by atomic mass is 32.2. The highest BCUT2D eigenvalue weighted by molar-refractivity contribution is 7.99. The van der Waals surface area contributed by atoms with Crippen LogP contribution in [0.3, 0.4) is 0 Å². The predicted molar refractivity (Wildman–Crippen MR) is 110 cm³/mol. The fraction of sp³-hybridized carbons (Fsp3) is 0.556. The predicted octanol–water partition coefficient (Wildman–Crippen LogP) is 1.58. The molecule has 9 nitrogen and oxygen atoms in total. The second-order valence-corrected chi connectivity index (χ2v) is 10.0. The molecule has 0 spiro atoms. The topological polar surface area (TPSA) is 107 Å². The molecule has 3 rings (SSSR count). The molecule has 0 saturated carbocycles. The molecule has 158 valence electrons. The molecule has 11 heteroatoms. The molecule has 1 atom stereocenters. The fourth-order valence-corrected chi connectivity index (χ4v) is 5.73. The molecule has 1 aromatic heterocycles. The Morgan fingerprint density at radius 2 is 2.10 bits per heavy atom. The fourth-order valence-electron chi connectivity index (χ4n) is 3.22. The molecule has 1 aliphatic heterocycles. The van der Waals surface area contributed by atoms with Crippen molar-refractivity contribution in [2.24, 2.45) is 0 Å². The Balaban J connectivity index is 1.67. The number of sulfone groups is 1. The number of rotatable bonds is 9. The summed E-state index contributed by atoms with van der Waals surface area (Å²) in [5, 5.41) is 12.2. The molecule has 0 aliphatic carbocycles. The Hall–Kier alpha value is -2.14. The average molecular weight is 440 g/mol. The zero-order chi connectivity index (χ0) is 20.9. The van der Waals surface area contributed by atoms with Crippen LogP contribution in [0.25, 0.3) is 5.69 Å². The summed E-state index contributed by atoms with van der Waals surface area (Å²) in [6.07, 6.45) is 2.29. The first-order valence-corrected chi connectivity index (χ1v) is 12.3. The lowest BCUT2D eigenvalue weighted by Crippen LogP contribution is -2.42. The van der Waals surface area contributed by atoms with Crippen LogP contribution in [-0.2, 0) is 14.6 Å². The van der Waals surface area contributed by atoms with E-state index in [-0.39, 0.29) is 29.2 Å². The van der Waals surface area contributed by atoms with Gasteiger partial charge in [-0.3, -0.25) is 4.79 Å². The van der Waals surface area contributed by atoms with E-state index in [2.05, 4.69) is 15.5 Å². The first kappa shape index (κ1) is 21.6. The number of thioether (sulfide) groups is 1. The average Bonchev–Trinajstić information content (AvgIpc) is 3.33. The molecule has 0 radical (unpaired) electrons. The van der Waals surface area contributed by atoms with E-state index >= 15 is 0 Å². The van der Waals surface area contributed by atoms with Crippen molar-refractivity contribution in [1.29, 1.82) is 0 Å². The standard InChI is InChI=1S/C18H25N5O4S2/c1-3-4-10-22(15-9-11-29(25,26)13-15)17(24)12-28-18-19-20-21-23(18)14-5-7-16(27-2)8-6-14/h5-8,15H,3-4,9-13H2,1-2H3. The second-order valence-electron chi connectivity index (χ2n) is 6.86. The highest BCUT2D eigenvalue weighted by Gasteiger charge is 2.34. The van der Waals surface area contributed by atoms with Crippen LogP contribution in [0.2, 0.25) is 0 Å². The maximum atomic E-state index is 12.9. The third-order valence-electron chi connectivity index (χ3n) is 4.80. The van der Waals surface area contributed by atoms with Gasteiger partial charge in [0.05, 0.1) is 30.1 Å². The van der Waals surface area contributed by atoms with Gasteiger partial charge in [0.1, 0.15) is 5.75 Å². The molecule has 2 heterocycles. The Kier molecular flexibility index (Phi) is 7.12. The van der Waals surface area contributed by atoms with Gasteiger partial charge in [-0.2, -0.15) is 4.68 Å². The Labute approximate surface area is 174 Å². The molecule has 0 bridgehead atoms. The molecule has 1 unspecified atom stereocenters. The van der Waals surface area contributed by atoms with Gasteiger partial charge in [-0.1, -0.05) is 25.1 Å². The Morgan fingerprint density at radius 1 is 1.34 bits per heavy atom. The molecule has 2 aromatic rings. The van der Waals surface area contributed by atoms with Gasteiger partial charge in [0.2, 0.25) is 11.1 Å². The quantitative estimate of drug-likeness (QED) is 0.542. The van der Waals surface area contributed by atoms with E-state index < -0.39 is 9.84 Å². The van der Waals surface area contributed by atoms with Crippen LogP contribution in [0.15, 0.2) is 29.4 Å². The number of carbonyl (C=O) groups excluding carboxylic acids is 1. The largest absolute Gasteiger partial charge is 0.497 e. The first-order valence-electron chi connectivity index (χ1n) is 9.49. The van der Waals surface area contributed by atoms with Crippen molar-refractivity contribution < 1.29 is 17.9 Å². The third kappa shape index (κ3) is 5.47. The van der Waals surface area contributed by atoms with Crippen molar-refractivity contribution in [3.05, 3.63) is 24.3 Å². The van der Waals surface area contributed by atoms with E-state index in [4.69, 9.17) is 4.74 Å². The minimum atomic E-state index is -3.05. The van der Waals surface area contributed by atoms with Crippen LogP contribution < -0.4 is 4.74 Å². The third-order valence-corrected chi connectivity index (χ3v) is 7.46. The summed E-state index contributed by atoms with van der Waals surface area (Å²) in [5.41, 5.74) is 0.760. The summed E-state index contributed by atoms with van der Waals surface area (Å²) in [7, 11) is -1.46. The van der Waals surface area contributed by atoms with Crippen molar-refractivity contribution in [2.75, 3.05) is 30.9 Å². The van der Waals surface area contributed by atoms with Crippen molar-refractivity contribution in [3.8, 4) is 11.4 Å². The van der Waals surface area contributed by atoms with E-state index in [0.717, 1.165) is 24.3 Å². The number of hydrogen-bond donors (Lipinski definition) is 0. The number of carbonyl (C=O) groups is 1. The Morgan fingerprint density at radius 3 is 2.72 bits per heavy atom. The van der Waals surface area contributed by atoms with Crippen molar-refractivity contribution in [3.63, 3.8) is 0 Å². The number of benzene rings is 1. The zero-order valence-electron chi connectivity index (χ0n) is 16.5. The van der Waals surface area contributed by atoms with Gasteiger partial charge < -0.3 is 9.64 Å². The van der Waals surface area contributed by atoms with Gasteiger partial charge in [0.25, 0.3) is 0 Å². The van der Waals surface area contributed by atoms with Gasteiger partial charge in [0.15, 0.2) is 9.84 Å². The first-order chi connectivity index (χ1) is 13.9. The molecule has 0 N–H and O–H groups in total. The molecule has 29 heavy (non-hydrogen) atoms. The van der Waals surface area contributed by atoms with Gasteiger partial charge in [0, 0.05) is 12.6 Å². The molecular weight excluding hydrogens is 414 g/mol. The summed E-state index contributed by atoms with van der Waals surface area (Å²) in [6.45, 7) is 2.62. The minimum absolute atomic E-state index is 0.0523. The highest BCUT2D eigenvalue weighted by Crippen LogP contribution is 2.23. The van der Waals surface area contributed by atoms with Crippen LogP contribution in [0.1, 0.15) is 26.2 Å². The molecule has 1 amide bonds. The van der Waals surface area contributed by atoms with Crippen LogP contribution in [0.4, 0.5) is 0 Å². The molecule has 1 saturated heterocycles. The number of aromatic nitrogens is 4. The molecular formula is C18H25N5O4S2. The number of nitrogens with zero attached hydrogens (tertiary/aromatic N) is 5. The zero-order valence-corrected chi connectivity index (χ0v) is 18.2. The lowest BCUT2D eigenvalue weighted by Gasteiger charge is -2.28.